The molecule has 0 fully saturated rings. The van der Waals surface area contributed by atoms with Crippen molar-refractivity contribution in [3.8, 4) is 5.75 Å². The first-order valence-corrected chi connectivity index (χ1v) is 12.2. The quantitative estimate of drug-likeness (QED) is 0.347. The first-order valence-electron chi connectivity index (χ1n) is 12.2. The highest BCUT2D eigenvalue weighted by atomic mass is 16.6. The van der Waals surface area contributed by atoms with E-state index in [9.17, 15) is 19.7 Å². The molecule has 2 aliphatic rings. The molecular formula is C29H27N3O5. The summed E-state index contributed by atoms with van der Waals surface area (Å²) in [5.74, 6) is 0.417. The third kappa shape index (κ3) is 4.46. The number of nitrogens with zero attached hydrogens (tertiary/aromatic N) is 2. The lowest BCUT2D eigenvalue weighted by Gasteiger charge is -2.35. The summed E-state index contributed by atoms with van der Waals surface area (Å²) in [6.45, 7) is 1.77. The fourth-order valence-corrected chi connectivity index (χ4v) is 5.27. The van der Waals surface area contributed by atoms with Gasteiger partial charge in [0.15, 0.2) is 5.78 Å². The van der Waals surface area contributed by atoms with Crippen molar-refractivity contribution in [3.05, 3.63) is 105 Å². The van der Waals surface area contributed by atoms with Gasteiger partial charge < -0.3 is 10.1 Å². The average Bonchev–Trinajstić information content (AvgIpc) is 3.07. The first-order chi connectivity index (χ1) is 17.9. The lowest BCUT2D eigenvalue weighted by atomic mass is 9.78. The van der Waals surface area contributed by atoms with Crippen LogP contribution in [0.1, 0.15) is 49.3 Å². The Kier molecular flexibility index (Phi) is 6.48. The number of allylic oxidation sites excluding steroid dienone is 1. The standard InChI is InChI=1S/C29H27N3O5/c1-3-27(34)31-25-10-5-4-9-23(25)30-24-16-20(18-11-13-22(37-2)14-12-18)17-26(33)28(24)29(31)19-7-6-8-21(15-19)32(35)36/h4-15,20,29-30H,3,16-17H2,1-2H3. The van der Waals surface area contributed by atoms with Crippen molar-refractivity contribution < 1.29 is 19.2 Å². The zero-order valence-corrected chi connectivity index (χ0v) is 20.6. The number of hydrogen-bond acceptors (Lipinski definition) is 6. The molecular weight excluding hydrogens is 470 g/mol. The molecule has 1 N–H and O–H groups in total. The number of nitrogens with one attached hydrogen (secondary N) is 1. The molecule has 1 aliphatic carbocycles. The fourth-order valence-electron chi connectivity index (χ4n) is 5.27. The van der Waals surface area contributed by atoms with Crippen molar-refractivity contribution in [2.45, 2.75) is 38.1 Å². The molecule has 0 radical (unpaired) electrons. The van der Waals surface area contributed by atoms with Gasteiger partial charge in [-0.2, -0.15) is 0 Å². The number of non-ortho nitro benzene ring substituents is 1. The number of Topliss-reactive ketones (excluding diaryl/α,β-unsaturated/α-hetero) is 1. The number of fused-ring (bicyclic) bond motifs is 1. The first kappa shape index (κ1) is 24.2. The normalized spacial score (nSPS) is 18.9. The molecule has 5 rings (SSSR count). The van der Waals surface area contributed by atoms with Crippen LogP contribution in [0.3, 0.4) is 0 Å². The Morgan fingerprint density at radius 1 is 1.05 bits per heavy atom. The van der Waals surface area contributed by atoms with Gasteiger partial charge in [0.25, 0.3) is 5.69 Å². The molecule has 8 nitrogen and oxygen atoms in total. The summed E-state index contributed by atoms with van der Waals surface area (Å²) >= 11 is 0. The van der Waals surface area contributed by atoms with Gasteiger partial charge in [-0.1, -0.05) is 43.3 Å². The molecule has 3 aromatic carbocycles. The summed E-state index contributed by atoms with van der Waals surface area (Å²) in [7, 11) is 1.61. The second-order valence-electron chi connectivity index (χ2n) is 9.21. The molecule has 3 aromatic rings. The summed E-state index contributed by atoms with van der Waals surface area (Å²) in [5, 5.41) is 15.1. The highest BCUT2D eigenvalue weighted by Gasteiger charge is 2.41. The van der Waals surface area contributed by atoms with Crippen LogP contribution in [0.4, 0.5) is 17.1 Å². The molecule has 1 amide bonds. The molecule has 0 saturated heterocycles. The second kappa shape index (κ2) is 9.89. The number of ether oxygens (including phenoxy) is 1. The Hall–Kier alpha value is -4.46. The second-order valence-corrected chi connectivity index (χ2v) is 9.21. The van der Waals surface area contributed by atoms with Gasteiger partial charge in [0.2, 0.25) is 5.91 Å². The summed E-state index contributed by atoms with van der Waals surface area (Å²) in [4.78, 5) is 40.1. The van der Waals surface area contributed by atoms with Gasteiger partial charge in [-0.3, -0.25) is 24.6 Å². The lowest BCUT2D eigenvalue weighted by molar-refractivity contribution is -0.384. The third-order valence-corrected chi connectivity index (χ3v) is 7.04. The smallest absolute Gasteiger partial charge is 0.269 e. The number of rotatable bonds is 5. The molecule has 0 aromatic heterocycles. The predicted octanol–water partition coefficient (Wildman–Crippen LogP) is 5.91. The van der Waals surface area contributed by atoms with Crippen molar-refractivity contribution >= 4 is 28.8 Å². The van der Waals surface area contributed by atoms with Gasteiger partial charge >= 0.3 is 0 Å². The number of anilines is 2. The van der Waals surface area contributed by atoms with Crippen molar-refractivity contribution in [2.24, 2.45) is 0 Å². The fraction of sp³-hybridized carbons (Fsp3) is 0.241. The van der Waals surface area contributed by atoms with E-state index in [0.29, 0.717) is 28.9 Å². The Morgan fingerprint density at radius 3 is 2.51 bits per heavy atom. The number of ketones is 1. The monoisotopic (exact) mass is 497 g/mol. The van der Waals surface area contributed by atoms with Crippen molar-refractivity contribution in [3.63, 3.8) is 0 Å². The van der Waals surface area contributed by atoms with Crippen LogP contribution in [0.5, 0.6) is 5.75 Å². The van der Waals surface area contributed by atoms with Crippen LogP contribution in [0.25, 0.3) is 0 Å². The number of amides is 1. The molecule has 37 heavy (non-hydrogen) atoms. The van der Waals surface area contributed by atoms with Crippen LogP contribution in [0.2, 0.25) is 0 Å². The van der Waals surface area contributed by atoms with Crippen molar-refractivity contribution in [1.82, 2.24) is 0 Å². The van der Waals surface area contributed by atoms with E-state index in [1.54, 1.807) is 31.1 Å². The molecule has 1 heterocycles. The summed E-state index contributed by atoms with van der Waals surface area (Å²) in [5.41, 5.74) is 4.01. The third-order valence-electron chi connectivity index (χ3n) is 7.04. The van der Waals surface area contributed by atoms with E-state index in [2.05, 4.69) is 5.32 Å². The number of hydrogen-bond donors (Lipinski definition) is 1. The maximum absolute atomic E-state index is 13.9. The summed E-state index contributed by atoms with van der Waals surface area (Å²) in [6, 6.07) is 20.6. The molecule has 0 spiro atoms. The van der Waals surface area contributed by atoms with E-state index in [-0.39, 0.29) is 36.1 Å². The van der Waals surface area contributed by atoms with Gasteiger partial charge in [-0.15, -0.1) is 0 Å². The molecule has 2 atom stereocenters. The van der Waals surface area contributed by atoms with E-state index in [0.717, 1.165) is 17.0 Å². The van der Waals surface area contributed by atoms with Gasteiger partial charge in [0.05, 0.1) is 29.4 Å². The topological polar surface area (TPSA) is 102 Å². The lowest BCUT2D eigenvalue weighted by Crippen LogP contribution is -2.38. The molecule has 2 unspecified atom stereocenters. The van der Waals surface area contributed by atoms with Gasteiger partial charge in [0.1, 0.15) is 5.75 Å². The van der Waals surface area contributed by atoms with Crippen molar-refractivity contribution in [2.75, 3.05) is 17.3 Å². The number of carbonyl (C=O) groups excluding carboxylic acids is 2. The van der Waals surface area contributed by atoms with Crippen LogP contribution in [0.15, 0.2) is 84.1 Å². The maximum atomic E-state index is 13.9. The van der Waals surface area contributed by atoms with Crippen LogP contribution >= 0.6 is 0 Å². The SMILES string of the molecule is CCC(=O)N1c2ccccc2NC2=C(C(=O)CC(c3ccc(OC)cc3)C2)C1c1cccc([N+](=O)[O-])c1. The van der Waals surface area contributed by atoms with Gasteiger partial charge in [0, 0.05) is 36.2 Å². The molecule has 1 aliphatic heterocycles. The van der Waals surface area contributed by atoms with Crippen molar-refractivity contribution in [1.29, 1.82) is 0 Å². The van der Waals surface area contributed by atoms with E-state index in [1.807, 2.05) is 48.5 Å². The van der Waals surface area contributed by atoms with Crippen LogP contribution < -0.4 is 15.0 Å². The van der Waals surface area contributed by atoms with E-state index >= 15 is 0 Å². The Morgan fingerprint density at radius 2 is 1.81 bits per heavy atom. The largest absolute Gasteiger partial charge is 0.497 e. The van der Waals surface area contributed by atoms with E-state index < -0.39 is 11.0 Å². The average molecular weight is 498 g/mol. The zero-order chi connectivity index (χ0) is 26.1. The number of benzene rings is 3. The van der Waals surface area contributed by atoms with Gasteiger partial charge in [-0.05, 0) is 47.7 Å². The highest BCUT2D eigenvalue weighted by Crippen LogP contribution is 2.48. The van der Waals surface area contributed by atoms with Gasteiger partial charge in [-0.25, -0.2) is 0 Å². The molecule has 188 valence electrons. The van der Waals surface area contributed by atoms with Crippen LogP contribution in [-0.2, 0) is 9.59 Å². The highest BCUT2D eigenvalue weighted by molar-refractivity contribution is 6.06. The Labute approximate surface area is 214 Å². The maximum Gasteiger partial charge on any atom is 0.269 e. The van der Waals surface area contributed by atoms with E-state index in [1.165, 1.54) is 12.1 Å². The van der Waals surface area contributed by atoms with Crippen LogP contribution in [-0.4, -0.2) is 23.7 Å². The Bertz CT molecular complexity index is 1410. The minimum atomic E-state index is -0.789. The summed E-state index contributed by atoms with van der Waals surface area (Å²) < 4.78 is 5.28. The minimum Gasteiger partial charge on any atom is -0.497 e. The summed E-state index contributed by atoms with van der Waals surface area (Å²) in [6.07, 6.45) is 1.04. The number of nitro groups is 1. The number of carbonyl (C=O) groups is 2. The van der Waals surface area contributed by atoms with E-state index in [4.69, 9.17) is 4.74 Å². The molecule has 8 heteroatoms. The zero-order valence-electron chi connectivity index (χ0n) is 20.6. The molecule has 0 saturated carbocycles. The predicted molar refractivity (Wildman–Crippen MR) is 141 cm³/mol. The number of nitro benzene ring substituents is 1. The van der Waals surface area contributed by atoms with Crippen LogP contribution in [0, 0.1) is 10.1 Å². The molecule has 0 bridgehead atoms. The minimum absolute atomic E-state index is 0.0593. The number of para-hydroxylation sites is 2. The Balaban J connectivity index is 1.69. The number of methoxy groups -OCH3 is 1.